The van der Waals surface area contributed by atoms with Crippen LogP contribution in [0.25, 0.3) is 10.8 Å². The molecule has 0 saturated carbocycles. The standard InChI is InChI=1S/C18H14Br2O2/c19-16-8-13(10-21)9-17(20)18(16)22-11-12-5-6-14-3-1-2-4-15(14)7-12/h1-9,21H,10-11H2. The zero-order valence-corrected chi connectivity index (χ0v) is 14.9. The van der Waals surface area contributed by atoms with E-state index in [1.807, 2.05) is 24.3 Å². The molecule has 4 heteroatoms. The van der Waals surface area contributed by atoms with E-state index in [1.54, 1.807) is 0 Å². The highest BCUT2D eigenvalue weighted by molar-refractivity contribution is 9.11. The minimum atomic E-state index is 0.00214. The van der Waals surface area contributed by atoms with Crippen molar-refractivity contribution in [1.82, 2.24) is 0 Å². The van der Waals surface area contributed by atoms with Gasteiger partial charge in [0.05, 0.1) is 15.6 Å². The normalized spacial score (nSPS) is 10.9. The fraction of sp³-hybridized carbons (Fsp3) is 0.111. The summed E-state index contributed by atoms with van der Waals surface area (Å²) in [5, 5.41) is 11.6. The first-order chi connectivity index (χ1) is 10.7. The second-order valence-electron chi connectivity index (χ2n) is 5.02. The van der Waals surface area contributed by atoms with Gasteiger partial charge in [-0.1, -0.05) is 36.4 Å². The third-order valence-corrected chi connectivity index (χ3v) is 4.62. The highest BCUT2D eigenvalue weighted by Crippen LogP contribution is 2.35. The molecule has 0 heterocycles. The Morgan fingerprint density at radius 2 is 1.50 bits per heavy atom. The van der Waals surface area contributed by atoms with Crippen LogP contribution in [-0.2, 0) is 13.2 Å². The summed E-state index contributed by atoms with van der Waals surface area (Å²) in [4.78, 5) is 0. The van der Waals surface area contributed by atoms with E-state index in [1.165, 1.54) is 10.8 Å². The van der Waals surface area contributed by atoms with Crippen LogP contribution in [0, 0.1) is 0 Å². The summed E-state index contributed by atoms with van der Waals surface area (Å²) >= 11 is 6.97. The van der Waals surface area contributed by atoms with Crippen LogP contribution in [0.5, 0.6) is 5.75 Å². The number of hydrogen-bond donors (Lipinski definition) is 1. The van der Waals surface area contributed by atoms with Gasteiger partial charge in [0.25, 0.3) is 0 Å². The fourth-order valence-electron chi connectivity index (χ4n) is 2.33. The summed E-state index contributed by atoms with van der Waals surface area (Å²) in [5.74, 6) is 0.741. The van der Waals surface area contributed by atoms with Gasteiger partial charge < -0.3 is 9.84 Å². The summed E-state index contributed by atoms with van der Waals surface area (Å²) in [6, 6.07) is 18.3. The van der Waals surface area contributed by atoms with Gasteiger partial charge in [0.1, 0.15) is 12.4 Å². The predicted octanol–water partition coefficient (Wildman–Crippen LogP) is 5.44. The second kappa shape index (κ2) is 6.82. The quantitative estimate of drug-likeness (QED) is 0.608. The lowest BCUT2D eigenvalue weighted by molar-refractivity contribution is 0.280. The smallest absolute Gasteiger partial charge is 0.148 e. The summed E-state index contributed by atoms with van der Waals surface area (Å²) in [6.07, 6.45) is 0. The van der Waals surface area contributed by atoms with Gasteiger partial charge in [-0.15, -0.1) is 0 Å². The monoisotopic (exact) mass is 420 g/mol. The van der Waals surface area contributed by atoms with Gasteiger partial charge in [0, 0.05) is 0 Å². The Labute approximate surface area is 146 Å². The summed E-state index contributed by atoms with van der Waals surface area (Å²) in [6.45, 7) is 0.489. The minimum Gasteiger partial charge on any atom is -0.487 e. The van der Waals surface area contributed by atoms with E-state index >= 15 is 0 Å². The molecule has 3 rings (SSSR count). The number of fused-ring (bicyclic) bond motifs is 1. The van der Waals surface area contributed by atoms with Crippen molar-refractivity contribution in [2.75, 3.05) is 0 Å². The van der Waals surface area contributed by atoms with Crippen LogP contribution in [0.4, 0.5) is 0 Å². The highest BCUT2D eigenvalue weighted by atomic mass is 79.9. The first kappa shape index (κ1) is 15.5. The van der Waals surface area contributed by atoms with E-state index < -0.39 is 0 Å². The highest BCUT2D eigenvalue weighted by Gasteiger charge is 2.09. The van der Waals surface area contributed by atoms with E-state index in [4.69, 9.17) is 4.74 Å². The van der Waals surface area contributed by atoms with Crippen LogP contribution in [0.2, 0.25) is 0 Å². The van der Waals surface area contributed by atoms with Crippen molar-refractivity contribution in [2.24, 2.45) is 0 Å². The van der Waals surface area contributed by atoms with Crippen LogP contribution < -0.4 is 4.74 Å². The molecule has 1 N–H and O–H groups in total. The van der Waals surface area contributed by atoms with Gasteiger partial charge in [0.2, 0.25) is 0 Å². The lowest BCUT2D eigenvalue weighted by Gasteiger charge is -2.12. The fourth-order valence-corrected chi connectivity index (χ4v) is 3.84. The van der Waals surface area contributed by atoms with E-state index in [9.17, 15) is 5.11 Å². The average Bonchev–Trinajstić information content (AvgIpc) is 2.53. The molecule has 0 aromatic heterocycles. The van der Waals surface area contributed by atoms with Crippen LogP contribution >= 0.6 is 31.9 Å². The molecule has 3 aromatic rings. The molecule has 0 spiro atoms. The largest absolute Gasteiger partial charge is 0.487 e. The van der Waals surface area contributed by atoms with Gasteiger partial charge >= 0.3 is 0 Å². The Kier molecular flexibility index (Phi) is 4.81. The number of halogens is 2. The molecular formula is C18H14Br2O2. The lowest BCUT2D eigenvalue weighted by Crippen LogP contribution is -1.98. The molecule has 0 unspecified atom stereocenters. The van der Waals surface area contributed by atoms with Crippen molar-refractivity contribution >= 4 is 42.6 Å². The maximum atomic E-state index is 9.20. The first-order valence-electron chi connectivity index (χ1n) is 6.86. The molecule has 0 atom stereocenters. The minimum absolute atomic E-state index is 0.00214. The molecule has 22 heavy (non-hydrogen) atoms. The van der Waals surface area contributed by atoms with Crippen molar-refractivity contribution in [3.63, 3.8) is 0 Å². The zero-order chi connectivity index (χ0) is 15.5. The Bertz CT molecular complexity index is 792. The average molecular weight is 422 g/mol. The number of aliphatic hydroxyl groups is 1. The third-order valence-electron chi connectivity index (χ3n) is 3.44. The van der Waals surface area contributed by atoms with Gasteiger partial charge in [-0.3, -0.25) is 0 Å². The Morgan fingerprint density at radius 3 is 2.18 bits per heavy atom. The van der Waals surface area contributed by atoms with Crippen molar-refractivity contribution in [1.29, 1.82) is 0 Å². The number of aliphatic hydroxyl groups excluding tert-OH is 1. The summed E-state index contributed by atoms with van der Waals surface area (Å²) in [5.41, 5.74) is 1.94. The number of hydrogen-bond acceptors (Lipinski definition) is 2. The van der Waals surface area contributed by atoms with Crippen molar-refractivity contribution in [2.45, 2.75) is 13.2 Å². The number of ether oxygens (including phenoxy) is 1. The molecule has 0 fully saturated rings. The number of rotatable bonds is 4. The summed E-state index contributed by atoms with van der Waals surface area (Å²) in [7, 11) is 0. The van der Waals surface area contributed by atoms with Gasteiger partial charge in [-0.25, -0.2) is 0 Å². The van der Waals surface area contributed by atoms with E-state index in [0.29, 0.717) is 6.61 Å². The molecule has 0 aliphatic rings. The second-order valence-corrected chi connectivity index (χ2v) is 6.73. The SMILES string of the molecule is OCc1cc(Br)c(OCc2ccc3ccccc3c2)c(Br)c1. The first-order valence-corrected chi connectivity index (χ1v) is 8.45. The maximum absolute atomic E-state index is 9.20. The van der Waals surface area contributed by atoms with E-state index in [2.05, 4.69) is 62.2 Å². The Hall–Kier alpha value is -1.36. The van der Waals surface area contributed by atoms with Crippen molar-refractivity contribution in [3.05, 3.63) is 74.7 Å². The van der Waals surface area contributed by atoms with E-state index in [-0.39, 0.29) is 6.61 Å². The van der Waals surface area contributed by atoms with Gasteiger partial charge in [-0.2, -0.15) is 0 Å². The molecular weight excluding hydrogens is 408 g/mol. The van der Waals surface area contributed by atoms with Gasteiger partial charge in [-0.05, 0) is 72.0 Å². The van der Waals surface area contributed by atoms with Gasteiger partial charge in [0.15, 0.2) is 0 Å². The Balaban J connectivity index is 1.82. The Morgan fingerprint density at radius 1 is 0.818 bits per heavy atom. The lowest BCUT2D eigenvalue weighted by atomic mass is 10.1. The third kappa shape index (κ3) is 3.35. The summed E-state index contributed by atoms with van der Waals surface area (Å²) < 4.78 is 7.58. The van der Waals surface area contributed by atoms with Crippen LogP contribution in [0.1, 0.15) is 11.1 Å². The van der Waals surface area contributed by atoms with Crippen molar-refractivity contribution < 1.29 is 9.84 Å². The molecule has 2 nitrogen and oxygen atoms in total. The molecule has 0 bridgehead atoms. The molecule has 0 amide bonds. The number of benzene rings is 3. The van der Waals surface area contributed by atoms with E-state index in [0.717, 1.165) is 25.8 Å². The maximum Gasteiger partial charge on any atom is 0.148 e. The van der Waals surface area contributed by atoms with Crippen LogP contribution in [-0.4, -0.2) is 5.11 Å². The molecule has 0 aliphatic carbocycles. The van der Waals surface area contributed by atoms with Crippen LogP contribution in [0.15, 0.2) is 63.5 Å². The molecule has 0 saturated heterocycles. The molecule has 0 radical (unpaired) electrons. The predicted molar refractivity (Wildman–Crippen MR) is 96.0 cm³/mol. The zero-order valence-electron chi connectivity index (χ0n) is 11.7. The molecule has 112 valence electrons. The molecule has 0 aliphatic heterocycles. The van der Waals surface area contributed by atoms with Crippen molar-refractivity contribution in [3.8, 4) is 5.75 Å². The molecule has 3 aromatic carbocycles. The topological polar surface area (TPSA) is 29.5 Å². The van der Waals surface area contributed by atoms with Crippen LogP contribution in [0.3, 0.4) is 0 Å².